The second kappa shape index (κ2) is 6.61. The number of methoxy groups -OCH3 is 1. The average molecular weight is 373 g/mol. The number of fused-ring (bicyclic) bond motifs is 1. The van der Waals surface area contributed by atoms with Crippen molar-refractivity contribution in [1.82, 2.24) is 0 Å². The fourth-order valence-electron chi connectivity index (χ4n) is 2.80. The molecule has 0 unspecified atom stereocenters. The predicted molar refractivity (Wildman–Crippen MR) is 96.9 cm³/mol. The molecule has 0 radical (unpaired) electrons. The Morgan fingerprint density at radius 1 is 1.23 bits per heavy atom. The normalized spacial score (nSPS) is 14.9. The topological polar surface area (TPSA) is 89.8 Å². The van der Waals surface area contributed by atoms with Crippen LogP contribution in [0.25, 0.3) is 10.6 Å². The number of nitro groups is 1. The van der Waals surface area contributed by atoms with Gasteiger partial charge >= 0.3 is 0 Å². The Bertz CT molecular complexity index is 983. The first-order valence-electron chi connectivity index (χ1n) is 7.53. The monoisotopic (exact) mass is 372 g/mol. The van der Waals surface area contributed by atoms with Crippen LogP contribution in [0.15, 0.2) is 42.5 Å². The number of nitrogens with zero attached hydrogens (tertiary/aromatic N) is 2. The van der Waals surface area contributed by atoms with Gasteiger partial charge < -0.3 is 4.74 Å². The highest BCUT2D eigenvalue weighted by atomic mass is 35.5. The van der Waals surface area contributed by atoms with E-state index in [1.165, 1.54) is 32.2 Å². The Balaban J connectivity index is 2.27. The van der Waals surface area contributed by atoms with Crippen molar-refractivity contribution in [2.24, 2.45) is 0 Å². The van der Waals surface area contributed by atoms with Gasteiger partial charge in [-0.05, 0) is 23.8 Å². The number of anilines is 1. The first-order valence-corrected chi connectivity index (χ1v) is 7.91. The molecule has 0 fully saturated rings. The van der Waals surface area contributed by atoms with Crippen LogP contribution >= 0.6 is 11.6 Å². The lowest BCUT2D eigenvalue weighted by molar-refractivity contribution is -0.384. The second-order valence-corrected chi connectivity index (χ2v) is 5.92. The van der Waals surface area contributed by atoms with Crippen molar-refractivity contribution in [2.45, 2.75) is 6.92 Å². The molecule has 2 aromatic carbocycles. The van der Waals surface area contributed by atoms with Crippen molar-refractivity contribution in [1.29, 1.82) is 0 Å². The van der Waals surface area contributed by atoms with Crippen molar-refractivity contribution < 1.29 is 19.2 Å². The van der Waals surface area contributed by atoms with Gasteiger partial charge in [-0.25, -0.2) is 4.90 Å². The van der Waals surface area contributed by atoms with Crippen LogP contribution in [0.2, 0.25) is 0 Å². The SMILES string of the molecule is COc1cccc(C(Cl)=C2C(=O)N(C(C)=O)c3ccc([N+](=O)[O-])cc32)c1. The molecule has 26 heavy (non-hydrogen) atoms. The summed E-state index contributed by atoms with van der Waals surface area (Å²) in [5, 5.41) is 11.2. The van der Waals surface area contributed by atoms with Gasteiger partial charge in [-0.2, -0.15) is 0 Å². The van der Waals surface area contributed by atoms with Gasteiger partial charge in [0.1, 0.15) is 5.75 Å². The summed E-state index contributed by atoms with van der Waals surface area (Å²) in [4.78, 5) is 36.2. The molecule has 2 aromatic rings. The maximum atomic E-state index is 12.8. The molecule has 0 aliphatic carbocycles. The molecule has 7 nitrogen and oxygen atoms in total. The average Bonchev–Trinajstić information content (AvgIpc) is 2.92. The van der Waals surface area contributed by atoms with Crippen molar-refractivity contribution in [3.05, 3.63) is 63.7 Å². The lowest BCUT2D eigenvalue weighted by atomic mass is 10.0. The summed E-state index contributed by atoms with van der Waals surface area (Å²) in [5.41, 5.74) is 0.844. The summed E-state index contributed by atoms with van der Waals surface area (Å²) in [5.74, 6) is -0.592. The molecule has 1 heterocycles. The van der Waals surface area contributed by atoms with E-state index in [1.54, 1.807) is 24.3 Å². The van der Waals surface area contributed by atoms with E-state index in [1.807, 2.05) is 0 Å². The Morgan fingerprint density at radius 2 is 1.96 bits per heavy atom. The van der Waals surface area contributed by atoms with Crippen LogP contribution in [0, 0.1) is 10.1 Å². The molecule has 1 aliphatic rings. The van der Waals surface area contributed by atoms with Gasteiger partial charge in [0.25, 0.3) is 11.6 Å². The number of carbonyl (C=O) groups is 2. The van der Waals surface area contributed by atoms with Gasteiger partial charge in [-0.3, -0.25) is 19.7 Å². The molecule has 0 spiro atoms. The molecule has 0 saturated heterocycles. The predicted octanol–water partition coefficient (Wildman–Crippen LogP) is 3.60. The maximum absolute atomic E-state index is 12.8. The second-order valence-electron chi connectivity index (χ2n) is 5.54. The number of hydrogen-bond donors (Lipinski definition) is 0. The zero-order valence-electron chi connectivity index (χ0n) is 13.9. The van der Waals surface area contributed by atoms with Crippen LogP contribution in [0.4, 0.5) is 11.4 Å². The van der Waals surface area contributed by atoms with E-state index in [0.717, 1.165) is 4.90 Å². The van der Waals surface area contributed by atoms with Gasteiger partial charge in [0.05, 0.1) is 28.3 Å². The van der Waals surface area contributed by atoms with Gasteiger partial charge in [0.2, 0.25) is 5.91 Å². The Labute approximate surface area is 153 Å². The number of amides is 2. The van der Waals surface area contributed by atoms with Crippen molar-refractivity contribution >= 4 is 45.4 Å². The molecular weight excluding hydrogens is 360 g/mol. The first kappa shape index (κ1) is 17.6. The number of rotatable bonds is 3. The van der Waals surface area contributed by atoms with Crippen molar-refractivity contribution in [3.63, 3.8) is 0 Å². The number of non-ortho nitro benzene ring substituents is 1. The highest BCUT2D eigenvalue weighted by molar-refractivity contribution is 6.60. The van der Waals surface area contributed by atoms with E-state index >= 15 is 0 Å². The number of hydrogen-bond acceptors (Lipinski definition) is 5. The number of benzene rings is 2. The highest BCUT2D eigenvalue weighted by Crippen LogP contribution is 2.44. The van der Waals surface area contributed by atoms with Crippen LogP contribution in [-0.2, 0) is 9.59 Å². The molecular formula is C18H13ClN2O5. The minimum absolute atomic E-state index is 0.0359. The molecule has 8 heteroatoms. The smallest absolute Gasteiger partial charge is 0.270 e. The van der Waals surface area contributed by atoms with E-state index in [4.69, 9.17) is 16.3 Å². The summed E-state index contributed by atoms with van der Waals surface area (Å²) in [6.45, 7) is 1.24. The molecule has 1 aliphatic heterocycles. The summed E-state index contributed by atoms with van der Waals surface area (Å²) < 4.78 is 5.15. The quantitative estimate of drug-likeness (QED) is 0.466. The van der Waals surface area contributed by atoms with Crippen LogP contribution in [0.5, 0.6) is 5.75 Å². The van der Waals surface area contributed by atoms with Gasteiger partial charge in [-0.1, -0.05) is 23.7 Å². The molecule has 0 bridgehead atoms. The number of carbonyl (C=O) groups excluding carboxylic acids is 2. The molecule has 0 atom stereocenters. The van der Waals surface area contributed by atoms with Crippen LogP contribution < -0.4 is 9.64 Å². The third kappa shape index (κ3) is 2.82. The standard InChI is InChI=1S/C18H13ClN2O5/c1-10(22)20-15-7-6-12(21(24)25)9-14(15)16(18(20)23)17(19)11-4-3-5-13(8-11)26-2/h3-9H,1-2H3. The van der Waals surface area contributed by atoms with Crippen molar-refractivity contribution in [2.75, 3.05) is 12.0 Å². The van der Waals surface area contributed by atoms with Gasteiger partial charge in [0, 0.05) is 24.6 Å². The fraction of sp³-hybridized carbons (Fsp3) is 0.111. The van der Waals surface area contributed by atoms with Gasteiger partial charge in [0.15, 0.2) is 0 Å². The van der Waals surface area contributed by atoms with E-state index in [2.05, 4.69) is 0 Å². The zero-order chi connectivity index (χ0) is 19.0. The summed E-state index contributed by atoms with van der Waals surface area (Å²) in [6.07, 6.45) is 0. The van der Waals surface area contributed by atoms with Crippen molar-refractivity contribution in [3.8, 4) is 5.75 Å². The third-order valence-electron chi connectivity index (χ3n) is 3.98. The lowest BCUT2D eigenvalue weighted by Gasteiger charge is -2.11. The van der Waals surface area contributed by atoms with E-state index < -0.39 is 16.7 Å². The Kier molecular flexibility index (Phi) is 4.48. The number of imide groups is 1. The van der Waals surface area contributed by atoms with Crippen LogP contribution in [0.3, 0.4) is 0 Å². The lowest BCUT2D eigenvalue weighted by Crippen LogP contribution is -2.31. The summed E-state index contributed by atoms with van der Waals surface area (Å²) in [6, 6.07) is 10.6. The van der Waals surface area contributed by atoms with Crippen LogP contribution in [0.1, 0.15) is 18.1 Å². The molecule has 0 N–H and O–H groups in total. The Hall–Kier alpha value is -3.19. The van der Waals surface area contributed by atoms with E-state index in [9.17, 15) is 19.7 Å². The Morgan fingerprint density at radius 3 is 2.58 bits per heavy atom. The first-order chi connectivity index (χ1) is 12.3. The molecule has 132 valence electrons. The summed E-state index contributed by atoms with van der Waals surface area (Å²) >= 11 is 6.46. The number of halogens is 1. The number of ether oxygens (including phenoxy) is 1. The minimum atomic E-state index is -0.624. The minimum Gasteiger partial charge on any atom is -0.497 e. The third-order valence-corrected chi connectivity index (χ3v) is 4.38. The summed E-state index contributed by atoms with van der Waals surface area (Å²) in [7, 11) is 1.50. The van der Waals surface area contributed by atoms with E-state index in [-0.39, 0.29) is 27.5 Å². The fourth-order valence-corrected chi connectivity index (χ4v) is 3.10. The molecule has 2 amide bonds. The number of nitro benzene ring substituents is 1. The maximum Gasteiger partial charge on any atom is 0.270 e. The molecule has 0 saturated carbocycles. The van der Waals surface area contributed by atoms with E-state index in [0.29, 0.717) is 11.3 Å². The van der Waals surface area contributed by atoms with Gasteiger partial charge in [-0.15, -0.1) is 0 Å². The zero-order valence-corrected chi connectivity index (χ0v) is 14.6. The van der Waals surface area contributed by atoms with Crippen LogP contribution in [-0.4, -0.2) is 23.8 Å². The largest absolute Gasteiger partial charge is 0.497 e. The highest BCUT2D eigenvalue weighted by Gasteiger charge is 2.38. The molecule has 0 aromatic heterocycles. The molecule has 3 rings (SSSR count).